The van der Waals surface area contributed by atoms with Crippen LogP contribution in [-0.4, -0.2) is 69.9 Å². The fourth-order valence-electron chi connectivity index (χ4n) is 5.14. The number of amides is 1. The summed E-state index contributed by atoms with van der Waals surface area (Å²) in [7, 11) is -1.79. The molecule has 10 heteroatoms. The largest absolute Gasteiger partial charge is 0.444 e. The van der Waals surface area contributed by atoms with E-state index in [0.717, 1.165) is 67.8 Å². The predicted octanol–water partition coefficient (Wildman–Crippen LogP) is 6.76. The maximum Gasteiger partial charge on any atom is 0.410 e. The average molecular weight is 640 g/mol. The number of rotatable bonds is 17. The van der Waals surface area contributed by atoms with E-state index in [9.17, 15) is 13.2 Å². The maximum absolute atomic E-state index is 13.8. The molecule has 0 atom stereocenters. The number of hydrogen-bond donors (Lipinski definition) is 0. The van der Waals surface area contributed by atoms with E-state index in [-0.39, 0.29) is 6.54 Å². The monoisotopic (exact) mass is 639 g/mol. The molecule has 248 valence electrons. The summed E-state index contributed by atoms with van der Waals surface area (Å²) >= 11 is 0. The average Bonchev–Trinajstić information content (AvgIpc) is 3.38. The van der Waals surface area contributed by atoms with Gasteiger partial charge in [-0.15, -0.1) is 0 Å². The van der Waals surface area contributed by atoms with Gasteiger partial charge in [-0.2, -0.15) is 4.31 Å². The van der Waals surface area contributed by atoms with E-state index in [1.165, 1.54) is 0 Å². The molecule has 0 radical (unpaired) electrons. The summed E-state index contributed by atoms with van der Waals surface area (Å²) in [6.07, 6.45) is 7.09. The second kappa shape index (κ2) is 16.9. The Labute approximate surface area is 271 Å². The number of imidazole rings is 1. The summed E-state index contributed by atoms with van der Waals surface area (Å²) in [6, 6.07) is 14.9. The molecule has 1 heterocycles. The lowest BCUT2D eigenvalue weighted by molar-refractivity contribution is 0.0210. The van der Waals surface area contributed by atoms with Crippen LogP contribution in [0.15, 0.2) is 65.8 Å². The Balaban J connectivity index is 1.76. The fourth-order valence-corrected chi connectivity index (χ4v) is 6.61. The maximum atomic E-state index is 13.8. The van der Waals surface area contributed by atoms with Gasteiger partial charge in [0.1, 0.15) is 11.4 Å². The van der Waals surface area contributed by atoms with Crippen LogP contribution < -0.4 is 0 Å². The molecule has 0 unspecified atom stereocenters. The molecule has 1 amide bonds. The van der Waals surface area contributed by atoms with E-state index in [4.69, 9.17) is 4.74 Å². The number of ether oxygens (including phenoxy) is 1. The lowest BCUT2D eigenvalue weighted by atomic mass is 10.1. The third kappa shape index (κ3) is 11.6. The minimum Gasteiger partial charge on any atom is -0.444 e. The Kier molecular flexibility index (Phi) is 13.6. The number of aromatic nitrogens is 2. The van der Waals surface area contributed by atoms with Gasteiger partial charge in [0, 0.05) is 39.1 Å². The molecule has 0 saturated heterocycles. The van der Waals surface area contributed by atoms with Crippen LogP contribution in [0.2, 0.25) is 0 Å². The van der Waals surface area contributed by atoms with E-state index in [2.05, 4.69) is 23.7 Å². The van der Waals surface area contributed by atoms with Crippen molar-refractivity contribution in [1.29, 1.82) is 0 Å². The van der Waals surface area contributed by atoms with Crippen molar-refractivity contribution >= 4 is 16.1 Å². The zero-order chi connectivity index (χ0) is 33.0. The molecular formula is C35H53N5O4S. The third-order valence-electron chi connectivity index (χ3n) is 7.53. The lowest BCUT2D eigenvalue weighted by Gasteiger charge is -2.27. The van der Waals surface area contributed by atoms with Crippen molar-refractivity contribution < 1.29 is 17.9 Å². The fraction of sp³-hybridized carbons (Fsp3) is 0.543. The highest BCUT2D eigenvalue weighted by Gasteiger charge is 2.26. The zero-order valence-electron chi connectivity index (χ0n) is 28.3. The molecule has 0 aliphatic heterocycles. The van der Waals surface area contributed by atoms with Gasteiger partial charge in [0.2, 0.25) is 10.0 Å². The van der Waals surface area contributed by atoms with Crippen LogP contribution in [-0.2, 0) is 41.4 Å². The molecule has 0 N–H and O–H groups in total. The van der Waals surface area contributed by atoms with Gasteiger partial charge in [-0.05, 0) is 96.3 Å². The Morgan fingerprint density at radius 3 is 1.96 bits per heavy atom. The van der Waals surface area contributed by atoms with Crippen molar-refractivity contribution in [2.45, 2.75) is 97.4 Å². The van der Waals surface area contributed by atoms with Crippen LogP contribution >= 0.6 is 0 Å². The number of unbranched alkanes of at least 4 members (excludes halogenated alkanes) is 1. The molecule has 0 fully saturated rings. The van der Waals surface area contributed by atoms with Crippen LogP contribution in [0, 0.1) is 6.92 Å². The summed E-state index contributed by atoms with van der Waals surface area (Å²) in [4.78, 5) is 21.9. The van der Waals surface area contributed by atoms with Crippen molar-refractivity contribution in [1.82, 2.24) is 23.7 Å². The quantitative estimate of drug-likeness (QED) is 0.152. The van der Waals surface area contributed by atoms with Crippen LogP contribution in [0.5, 0.6) is 0 Å². The zero-order valence-corrected chi connectivity index (χ0v) is 29.1. The van der Waals surface area contributed by atoms with Crippen LogP contribution in [0.1, 0.15) is 82.8 Å². The van der Waals surface area contributed by atoms with Gasteiger partial charge < -0.3 is 14.2 Å². The highest BCUT2D eigenvalue weighted by molar-refractivity contribution is 7.89. The van der Waals surface area contributed by atoms with Gasteiger partial charge in [0.05, 0.1) is 11.4 Å². The van der Waals surface area contributed by atoms with Gasteiger partial charge >= 0.3 is 6.09 Å². The molecule has 45 heavy (non-hydrogen) atoms. The molecule has 0 spiro atoms. The molecule has 2 aromatic carbocycles. The highest BCUT2D eigenvalue weighted by atomic mass is 32.2. The molecule has 1 aromatic heterocycles. The summed E-state index contributed by atoms with van der Waals surface area (Å²) in [5.41, 5.74) is 2.20. The van der Waals surface area contributed by atoms with Crippen LogP contribution in [0.25, 0.3) is 0 Å². The van der Waals surface area contributed by atoms with Gasteiger partial charge in [-0.3, -0.25) is 4.90 Å². The smallest absolute Gasteiger partial charge is 0.410 e. The van der Waals surface area contributed by atoms with E-state index < -0.39 is 21.7 Å². The Morgan fingerprint density at radius 2 is 1.42 bits per heavy atom. The topological polar surface area (TPSA) is 88.0 Å². The van der Waals surface area contributed by atoms with E-state index in [1.54, 1.807) is 27.5 Å². The first kappa shape index (κ1) is 36.3. The highest BCUT2D eigenvalue weighted by Crippen LogP contribution is 2.21. The first-order valence-corrected chi connectivity index (χ1v) is 17.6. The van der Waals surface area contributed by atoms with Crippen molar-refractivity contribution in [2.75, 3.05) is 26.2 Å². The van der Waals surface area contributed by atoms with Gasteiger partial charge in [0.25, 0.3) is 0 Å². The van der Waals surface area contributed by atoms with Crippen LogP contribution in [0.3, 0.4) is 0 Å². The number of sulfonamides is 1. The summed E-state index contributed by atoms with van der Waals surface area (Å²) in [5, 5.41) is 0. The summed E-state index contributed by atoms with van der Waals surface area (Å²) in [5.74, 6) is 0.752. The Morgan fingerprint density at radius 1 is 0.844 bits per heavy atom. The van der Waals surface area contributed by atoms with Crippen LogP contribution in [0.4, 0.5) is 4.79 Å². The lowest BCUT2D eigenvalue weighted by Crippen LogP contribution is -2.36. The van der Waals surface area contributed by atoms with Gasteiger partial charge in [-0.25, -0.2) is 18.2 Å². The van der Waals surface area contributed by atoms with Crippen molar-refractivity contribution in [3.05, 3.63) is 83.4 Å². The minimum atomic E-state index is -3.69. The number of aryl methyl sites for hydroxylation is 2. The van der Waals surface area contributed by atoms with Crippen molar-refractivity contribution in [2.24, 2.45) is 7.05 Å². The van der Waals surface area contributed by atoms with Crippen molar-refractivity contribution in [3.63, 3.8) is 0 Å². The predicted molar refractivity (Wildman–Crippen MR) is 180 cm³/mol. The van der Waals surface area contributed by atoms with E-state index in [1.807, 2.05) is 81.9 Å². The molecule has 3 aromatic rings. The number of hydrogen-bond acceptors (Lipinski definition) is 6. The summed E-state index contributed by atoms with van der Waals surface area (Å²) < 4.78 is 36.8. The summed E-state index contributed by atoms with van der Waals surface area (Å²) in [6.45, 7) is 16.3. The third-order valence-corrected chi connectivity index (χ3v) is 9.39. The Hall–Kier alpha value is -3.21. The van der Waals surface area contributed by atoms with Gasteiger partial charge in [-0.1, -0.05) is 55.8 Å². The minimum absolute atomic E-state index is 0.271. The standard InChI is InChI=1S/C35H53N5O4S/c1-8-21-38(22-9-2)23-10-11-24-40(45(42,43)32-18-12-29(3)13-19-32)27-31-16-14-30(15-17-31)26-39(34(41)44-35(4,5)6)28-33-36-20-25-37(33)7/h12-20,25H,8-11,21-24,26-28H2,1-7H3. The molecule has 0 bridgehead atoms. The van der Waals surface area contributed by atoms with E-state index >= 15 is 0 Å². The first-order chi connectivity index (χ1) is 21.3. The number of nitrogens with zero attached hydrogens (tertiary/aromatic N) is 5. The molecule has 0 aliphatic rings. The number of carbonyl (C=O) groups is 1. The normalized spacial score (nSPS) is 12.2. The first-order valence-electron chi connectivity index (χ1n) is 16.1. The molecule has 0 saturated carbocycles. The SMILES string of the molecule is CCCN(CCC)CCCCN(Cc1ccc(CN(Cc2nccn2C)C(=O)OC(C)(C)C)cc1)S(=O)(=O)c1ccc(C)cc1. The molecule has 9 nitrogen and oxygen atoms in total. The van der Waals surface area contributed by atoms with Gasteiger partial charge in [0.15, 0.2) is 0 Å². The molecule has 0 aliphatic carbocycles. The van der Waals surface area contributed by atoms with Crippen molar-refractivity contribution in [3.8, 4) is 0 Å². The number of benzene rings is 2. The second-order valence-electron chi connectivity index (χ2n) is 12.8. The second-order valence-corrected chi connectivity index (χ2v) is 14.7. The molecular weight excluding hydrogens is 586 g/mol. The van der Waals surface area contributed by atoms with E-state index in [0.29, 0.717) is 24.5 Å². The number of carbonyl (C=O) groups excluding carboxylic acids is 1. The Bertz CT molecular complexity index is 1420. The molecule has 3 rings (SSSR count).